The number of halogens is 1. The summed E-state index contributed by atoms with van der Waals surface area (Å²) in [5, 5.41) is 0.0291. The number of rotatable bonds is 5. The van der Waals surface area contributed by atoms with Crippen LogP contribution in [-0.2, 0) is 10.0 Å². The van der Waals surface area contributed by atoms with Gasteiger partial charge in [-0.05, 0) is 18.6 Å². The van der Waals surface area contributed by atoms with Gasteiger partial charge in [0, 0.05) is 39.3 Å². The van der Waals surface area contributed by atoms with Crippen LogP contribution in [0.4, 0.5) is 0 Å². The molecule has 2 rings (SSSR count). The Labute approximate surface area is 124 Å². The minimum Gasteiger partial charge on any atom is -0.304 e. The predicted octanol–water partition coefficient (Wildman–Crippen LogP) is -0.344. The van der Waals surface area contributed by atoms with E-state index >= 15 is 0 Å². The molecule has 7 nitrogen and oxygen atoms in total. The highest BCUT2D eigenvalue weighted by Gasteiger charge is 2.17. The fourth-order valence-corrected chi connectivity index (χ4v) is 2.94. The van der Waals surface area contributed by atoms with E-state index in [9.17, 15) is 8.42 Å². The molecule has 0 amide bonds. The molecule has 1 aliphatic heterocycles. The zero-order valence-electron chi connectivity index (χ0n) is 11.3. The van der Waals surface area contributed by atoms with Crippen LogP contribution in [0.5, 0.6) is 0 Å². The van der Waals surface area contributed by atoms with Crippen LogP contribution in [0, 0.1) is 0 Å². The normalized spacial score (nSPS) is 18.3. The lowest BCUT2D eigenvalue weighted by molar-refractivity contribution is 0.156. The molecule has 1 aromatic heterocycles. The van der Waals surface area contributed by atoms with E-state index in [4.69, 9.17) is 11.6 Å². The molecular formula is C11H18ClN5O2S. The molecule has 0 bridgehead atoms. The topological polar surface area (TPSA) is 78.4 Å². The highest BCUT2D eigenvalue weighted by molar-refractivity contribution is 7.89. The lowest BCUT2D eigenvalue weighted by Gasteiger charge is -2.32. The maximum atomic E-state index is 12.0. The summed E-state index contributed by atoms with van der Waals surface area (Å²) in [4.78, 5) is 11.9. The Bertz CT molecular complexity index is 528. The van der Waals surface area contributed by atoms with Gasteiger partial charge in [0.25, 0.3) is 0 Å². The highest BCUT2D eigenvalue weighted by Crippen LogP contribution is 2.07. The van der Waals surface area contributed by atoms with E-state index in [-0.39, 0.29) is 10.2 Å². The fourth-order valence-electron chi connectivity index (χ4n) is 1.93. The highest BCUT2D eigenvalue weighted by atomic mass is 35.5. The molecular weight excluding hydrogens is 302 g/mol. The number of nitrogens with one attached hydrogen (secondary N) is 1. The minimum atomic E-state index is -3.56. The Kier molecular flexibility index (Phi) is 5.28. The van der Waals surface area contributed by atoms with Crippen molar-refractivity contribution in [1.29, 1.82) is 0 Å². The molecule has 0 radical (unpaired) electrons. The lowest BCUT2D eigenvalue weighted by Crippen LogP contribution is -2.46. The predicted molar refractivity (Wildman–Crippen MR) is 76.2 cm³/mol. The van der Waals surface area contributed by atoms with E-state index in [0.29, 0.717) is 13.1 Å². The molecule has 0 spiro atoms. The first-order valence-corrected chi connectivity index (χ1v) is 8.21. The monoisotopic (exact) mass is 319 g/mol. The van der Waals surface area contributed by atoms with Crippen LogP contribution in [0.15, 0.2) is 17.3 Å². The van der Waals surface area contributed by atoms with Crippen molar-refractivity contribution in [3.63, 3.8) is 0 Å². The van der Waals surface area contributed by atoms with E-state index < -0.39 is 10.0 Å². The van der Waals surface area contributed by atoms with Gasteiger partial charge in [0.15, 0.2) is 0 Å². The number of sulfonamides is 1. The van der Waals surface area contributed by atoms with E-state index in [1.54, 1.807) is 0 Å². The Morgan fingerprint density at radius 3 is 2.45 bits per heavy atom. The first-order chi connectivity index (χ1) is 9.47. The Hall–Kier alpha value is -0.800. The first-order valence-electron chi connectivity index (χ1n) is 6.35. The smallest absolute Gasteiger partial charge is 0.243 e. The summed E-state index contributed by atoms with van der Waals surface area (Å²) in [5.41, 5.74) is 0. The minimum absolute atomic E-state index is 0.0280. The van der Waals surface area contributed by atoms with E-state index in [1.165, 1.54) is 12.4 Å². The molecule has 20 heavy (non-hydrogen) atoms. The van der Waals surface area contributed by atoms with Crippen molar-refractivity contribution in [3.8, 4) is 0 Å². The van der Waals surface area contributed by atoms with Crippen LogP contribution in [0.2, 0.25) is 5.28 Å². The first kappa shape index (κ1) is 15.6. The maximum Gasteiger partial charge on any atom is 0.243 e. The van der Waals surface area contributed by atoms with Crippen molar-refractivity contribution in [2.75, 3.05) is 46.3 Å². The second-order valence-electron chi connectivity index (χ2n) is 4.73. The van der Waals surface area contributed by atoms with Gasteiger partial charge >= 0.3 is 0 Å². The second kappa shape index (κ2) is 6.77. The summed E-state index contributed by atoms with van der Waals surface area (Å²) in [7, 11) is -1.48. The molecule has 2 heterocycles. The van der Waals surface area contributed by atoms with E-state index in [1.807, 2.05) is 0 Å². The maximum absolute atomic E-state index is 12.0. The van der Waals surface area contributed by atoms with Crippen LogP contribution >= 0.6 is 11.6 Å². The third-order valence-corrected chi connectivity index (χ3v) is 4.83. The average molecular weight is 320 g/mol. The number of likely N-dealkylation sites (N-methyl/N-ethyl adjacent to an activating group) is 1. The van der Waals surface area contributed by atoms with E-state index in [0.717, 1.165) is 26.2 Å². The Morgan fingerprint density at radius 1 is 1.25 bits per heavy atom. The van der Waals surface area contributed by atoms with Crippen LogP contribution in [-0.4, -0.2) is 74.5 Å². The molecule has 1 saturated heterocycles. The number of nitrogens with zero attached hydrogens (tertiary/aromatic N) is 4. The van der Waals surface area contributed by atoms with Crippen LogP contribution < -0.4 is 4.72 Å². The van der Waals surface area contributed by atoms with Gasteiger partial charge in [-0.15, -0.1) is 0 Å². The third-order valence-electron chi connectivity index (χ3n) is 3.22. The van der Waals surface area contributed by atoms with Gasteiger partial charge in [0.1, 0.15) is 4.90 Å². The zero-order valence-corrected chi connectivity index (χ0v) is 12.9. The van der Waals surface area contributed by atoms with Crippen LogP contribution in [0.1, 0.15) is 0 Å². The van der Waals surface area contributed by atoms with Crippen molar-refractivity contribution in [2.45, 2.75) is 4.90 Å². The molecule has 1 N–H and O–H groups in total. The van der Waals surface area contributed by atoms with Crippen LogP contribution in [0.25, 0.3) is 0 Å². The molecule has 1 fully saturated rings. The third kappa shape index (κ3) is 4.35. The van der Waals surface area contributed by atoms with Gasteiger partial charge in [-0.1, -0.05) is 0 Å². The number of hydrogen-bond acceptors (Lipinski definition) is 6. The number of aromatic nitrogens is 2. The van der Waals surface area contributed by atoms with Crippen LogP contribution in [0.3, 0.4) is 0 Å². The molecule has 0 atom stereocenters. The fraction of sp³-hybridized carbons (Fsp3) is 0.636. The molecule has 112 valence electrons. The Morgan fingerprint density at radius 2 is 1.85 bits per heavy atom. The van der Waals surface area contributed by atoms with Gasteiger partial charge in [-0.3, -0.25) is 4.90 Å². The van der Waals surface area contributed by atoms with Gasteiger partial charge in [0.05, 0.1) is 12.4 Å². The molecule has 1 aliphatic rings. The quantitative estimate of drug-likeness (QED) is 0.748. The van der Waals surface area contributed by atoms with Crippen molar-refractivity contribution in [1.82, 2.24) is 24.5 Å². The Balaban J connectivity index is 1.82. The zero-order chi connectivity index (χ0) is 14.6. The van der Waals surface area contributed by atoms with Crippen molar-refractivity contribution in [3.05, 3.63) is 17.7 Å². The molecule has 0 aromatic carbocycles. The van der Waals surface area contributed by atoms with Crippen molar-refractivity contribution in [2.24, 2.45) is 0 Å². The number of hydrogen-bond donors (Lipinski definition) is 1. The van der Waals surface area contributed by atoms with Crippen molar-refractivity contribution >= 4 is 21.6 Å². The molecule has 1 aromatic rings. The summed E-state index contributed by atoms with van der Waals surface area (Å²) in [6.45, 7) is 5.01. The molecule has 0 unspecified atom stereocenters. The van der Waals surface area contributed by atoms with Gasteiger partial charge in [-0.2, -0.15) is 0 Å². The second-order valence-corrected chi connectivity index (χ2v) is 6.84. The van der Waals surface area contributed by atoms with Crippen molar-refractivity contribution < 1.29 is 8.42 Å². The SMILES string of the molecule is CN1CCN(CCNS(=O)(=O)c2cnc(Cl)nc2)CC1. The largest absolute Gasteiger partial charge is 0.304 e. The van der Waals surface area contributed by atoms with Gasteiger partial charge in [-0.25, -0.2) is 23.1 Å². The summed E-state index contributed by atoms with van der Waals surface area (Å²) in [6.07, 6.45) is 2.40. The standard InChI is InChI=1S/C11H18ClN5O2S/c1-16-4-6-17(7-5-16)3-2-15-20(18,19)10-8-13-11(12)14-9-10/h8-9,15H,2-7H2,1H3. The number of piperazine rings is 1. The summed E-state index contributed by atoms with van der Waals surface area (Å²) < 4.78 is 26.5. The summed E-state index contributed by atoms with van der Waals surface area (Å²) >= 11 is 5.53. The average Bonchev–Trinajstić information content (AvgIpc) is 2.41. The summed E-state index contributed by atoms with van der Waals surface area (Å²) in [5.74, 6) is 0. The van der Waals surface area contributed by atoms with Gasteiger partial charge in [0.2, 0.25) is 15.3 Å². The molecule has 9 heteroatoms. The lowest BCUT2D eigenvalue weighted by atomic mass is 10.3. The molecule has 0 aliphatic carbocycles. The summed E-state index contributed by atoms with van der Waals surface area (Å²) in [6, 6.07) is 0. The molecule has 0 saturated carbocycles. The van der Waals surface area contributed by atoms with Gasteiger partial charge < -0.3 is 4.90 Å². The van der Waals surface area contributed by atoms with E-state index in [2.05, 4.69) is 31.5 Å².